The summed E-state index contributed by atoms with van der Waals surface area (Å²) >= 11 is 0. The van der Waals surface area contributed by atoms with Gasteiger partial charge in [-0.05, 0) is 143 Å². The predicted octanol–water partition coefficient (Wildman–Crippen LogP) is 17.1. The molecule has 5 nitrogen and oxygen atoms in total. The molecule has 12 rings (SSSR count). The van der Waals surface area contributed by atoms with E-state index in [9.17, 15) is 10.5 Å². The maximum absolute atomic E-state index is 9.82. The van der Waals surface area contributed by atoms with E-state index in [1.165, 1.54) is 5.56 Å². The standard InChI is InChI=1S/C64H41N5/c65-42-44-16-26-52(27-17-44)67(54-30-20-49(21-31-54)46-10-4-1-5-11-46)59-38-40-61-63-57(59)36-37-58-60(39-41-62(64(58)63)69(61)56-34-24-51(25-35-56)48-14-8-3-9-15-48)68(53-28-18-45(43-66)19-29-53)55-32-22-50(23-33-55)47-12-6-2-7-13-47/h1-41H. The van der Waals surface area contributed by atoms with Gasteiger partial charge in [-0.25, -0.2) is 0 Å². The Labute approximate surface area is 400 Å². The fourth-order valence-corrected chi connectivity index (χ4v) is 9.92. The number of nitrogens with zero attached hydrogens (tertiary/aromatic N) is 5. The third-order valence-electron chi connectivity index (χ3n) is 13.2. The van der Waals surface area contributed by atoms with E-state index in [1.54, 1.807) is 0 Å². The molecule has 5 heteroatoms. The normalized spacial score (nSPS) is 11.2. The summed E-state index contributed by atoms with van der Waals surface area (Å²) < 4.78 is 2.40. The van der Waals surface area contributed by atoms with E-state index in [4.69, 9.17) is 0 Å². The van der Waals surface area contributed by atoms with E-state index in [0.717, 1.165) is 100 Å². The summed E-state index contributed by atoms with van der Waals surface area (Å²) in [5.41, 5.74) is 17.3. The Bertz CT molecular complexity index is 3630. The van der Waals surface area contributed by atoms with Crippen LogP contribution >= 0.6 is 0 Å². The zero-order valence-electron chi connectivity index (χ0n) is 37.4. The summed E-state index contributed by atoms with van der Waals surface area (Å²) in [4.78, 5) is 4.61. The van der Waals surface area contributed by atoms with Crippen LogP contribution in [0.2, 0.25) is 0 Å². The number of anilines is 6. The molecule has 0 spiro atoms. The predicted molar refractivity (Wildman–Crippen MR) is 285 cm³/mol. The van der Waals surface area contributed by atoms with E-state index >= 15 is 0 Å². The molecular weight excluding hydrogens is 839 g/mol. The molecule has 0 aliphatic heterocycles. The van der Waals surface area contributed by atoms with E-state index in [1.807, 2.05) is 66.7 Å². The minimum absolute atomic E-state index is 0.606. The van der Waals surface area contributed by atoms with Crippen LogP contribution in [0.4, 0.5) is 34.1 Å². The molecule has 69 heavy (non-hydrogen) atoms. The Morgan fingerprint density at radius 3 is 0.928 bits per heavy atom. The second-order valence-electron chi connectivity index (χ2n) is 17.2. The van der Waals surface area contributed by atoms with Gasteiger partial charge in [-0.1, -0.05) is 140 Å². The zero-order valence-corrected chi connectivity index (χ0v) is 37.4. The first kappa shape index (κ1) is 40.8. The van der Waals surface area contributed by atoms with Gasteiger partial charge in [-0.3, -0.25) is 0 Å². The van der Waals surface area contributed by atoms with Crippen molar-refractivity contribution in [2.45, 2.75) is 0 Å². The SMILES string of the molecule is N#Cc1ccc(N(c2ccc(-c3ccccc3)cc2)c2ccc3c4c2ccc2c(N(c5ccc(C#N)cc5)c5ccc(-c6ccccc6)cc5)ccc(c24)n3-c2ccc(-c3ccccc3)cc2)cc1. The Balaban J connectivity index is 1.10. The lowest BCUT2D eigenvalue weighted by molar-refractivity contribution is 1.18. The highest BCUT2D eigenvalue weighted by molar-refractivity contribution is 6.29. The van der Waals surface area contributed by atoms with Crippen LogP contribution in [0.25, 0.3) is 71.6 Å². The van der Waals surface area contributed by atoms with Crippen molar-refractivity contribution in [3.63, 3.8) is 0 Å². The largest absolute Gasteiger partial charge is 0.310 e. The molecule has 11 aromatic carbocycles. The maximum atomic E-state index is 9.82. The van der Waals surface area contributed by atoms with Crippen molar-refractivity contribution in [3.05, 3.63) is 260 Å². The first-order valence-electron chi connectivity index (χ1n) is 23.0. The van der Waals surface area contributed by atoms with Crippen LogP contribution < -0.4 is 9.80 Å². The van der Waals surface area contributed by atoms with Gasteiger partial charge < -0.3 is 14.4 Å². The number of benzene rings is 11. The molecule has 0 atom stereocenters. The van der Waals surface area contributed by atoms with Crippen LogP contribution in [-0.4, -0.2) is 4.57 Å². The van der Waals surface area contributed by atoms with Crippen LogP contribution in [0.5, 0.6) is 0 Å². The highest BCUT2D eigenvalue weighted by Crippen LogP contribution is 2.50. The van der Waals surface area contributed by atoms with Crippen LogP contribution in [-0.2, 0) is 0 Å². The Kier molecular flexibility index (Phi) is 10.2. The third-order valence-corrected chi connectivity index (χ3v) is 13.2. The van der Waals surface area contributed by atoms with Gasteiger partial charge in [0.1, 0.15) is 0 Å². The third kappa shape index (κ3) is 7.29. The number of nitriles is 2. The fraction of sp³-hybridized carbons (Fsp3) is 0. The molecule has 0 amide bonds. The lowest BCUT2D eigenvalue weighted by Crippen LogP contribution is -2.11. The number of hydrogen-bond donors (Lipinski definition) is 0. The molecule has 0 fully saturated rings. The van der Waals surface area contributed by atoms with Gasteiger partial charge in [0.15, 0.2) is 0 Å². The minimum atomic E-state index is 0.606. The molecular formula is C64H41N5. The molecule has 0 aliphatic carbocycles. The molecule has 1 heterocycles. The monoisotopic (exact) mass is 879 g/mol. The summed E-state index contributed by atoms with van der Waals surface area (Å²) in [5, 5.41) is 24.1. The summed E-state index contributed by atoms with van der Waals surface area (Å²) in [5.74, 6) is 0. The van der Waals surface area contributed by atoms with Crippen molar-refractivity contribution in [2.24, 2.45) is 0 Å². The van der Waals surface area contributed by atoms with Crippen molar-refractivity contribution >= 4 is 66.7 Å². The lowest BCUT2D eigenvalue weighted by atomic mass is 9.97. The van der Waals surface area contributed by atoms with E-state index in [0.29, 0.717) is 11.1 Å². The van der Waals surface area contributed by atoms with Crippen molar-refractivity contribution in [1.29, 1.82) is 10.5 Å². The second kappa shape index (κ2) is 17.3. The van der Waals surface area contributed by atoms with Crippen molar-refractivity contribution in [1.82, 2.24) is 4.57 Å². The van der Waals surface area contributed by atoms with Gasteiger partial charge in [-0.15, -0.1) is 0 Å². The Morgan fingerprint density at radius 1 is 0.290 bits per heavy atom. The van der Waals surface area contributed by atoms with Crippen LogP contribution in [0.1, 0.15) is 11.1 Å². The molecule has 12 aromatic rings. The van der Waals surface area contributed by atoms with Crippen molar-refractivity contribution in [3.8, 4) is 51.2 Å². The molecule has 0 saturated heterocycles. The van der Waals surface area contributed by atoms with Crippen molar-refractivity contribution in [2.75, 3.05) is 9.80 Å². The number of rotatable bonds is 10. The lowest BCUT2D eigenvalue weighted by Gasteiger charge is -2.28. The Hall–Kier alpha value is -9.68. The average Bonchev–Trinajstić information content (AvgIpc) is 3.77. The molecule has 1 aromatic heterocycles. The second-order valence-corrected chi connectivity index (χ2v) is 17.2. The first-order chi connectivity index (χ1) is 34.1. The van der Waals surface area contributed by atoms with Crippen LogP contribution in [0.15, 0.2) is 249 Å². The van der Waals surface area contributed by atoms with Gasteiger partial charge in [0.2, 0.25) is 0 Å². The molecule has 0 aliphatic rings. The molecule has 0 bridgehead atoms. The topological polar surface area (TPSA) is 59.0 Å². The van der Waals surface area contributed by atoms with E-state index < -0.39 is 0 Å². The van der Waals surface area contributed by atoms with Crippen molar-refractivity contribution < 1.29 is 0 Å². The minimum Gasteiger partial charge on any atom is -0.310 e. The highest BCUT2D eigenvalue weighted by Gasteiger charge is 2.26. The Morgan fingerprint density at radius 2 is 0.594 bits per heavy atom. The highest BCUT2D eigenvalue weighted by atomic mass is 15.2. The molecule has 0 radical (unpaired) electrons. The van der Waals surface area contributed by atoms with Crippen LogP contribution in [0.3, 0.4) is 0 Å². The quantitative estimate of drug-likeness (QED) is 0.128. The number of aromatic nitrogens is 1. The van der Waals surface area contributed by atoms with E-state index in [-0.39, 0.29) is 0 Å². The summed E-state index contributed by atoms with van der Waals surface area (Å²) in [6.07, 6.45) is 0. The maximum Gasteiger partial charge on any atom is 0.0991 e. The van der Waals surface area contributed by atoms with Crippen LogP contribution in [0, 0.1) is 22.7 Å². The average molecular weight is 880 g/mol. The van der Waals surface area contributed by atoms with Gasteiger partial charge in [0, 0.05) is 50.0 Å². The summed E-state index contributed by atoms with van der Waals surface area (Å²) in [7, 11) is 0. The number of hydrogen-bond acceptors (Lipinski definition) is 4. The summed E-state index contributed by atoms with van der Waals surface area (Å²) in [6, 6.07) is 91.6. The molecule has 322 valence electrons. The molecule has 0 N–H and O–H groups in total. The first-order valence-corrected chi connectivity index (χ1v) is 23.0. The fourth-order valence-electron chi connectivity index (χ4n) is 9.92. The zero-order chi connectivity index (χ0) is 46.3. The summed E-state index contributed by atoms with van der Waals surface area (Å²) in [6.45, 7) is 0. The van der Waals surface area contributed by atoms with Gasteiger partial charge in [0.05, 0.1) is 45.7 Å². The molecule has 0 unspecified atom stereocenters. The van der Waals surface area contributed by atoms with Gasteiger partial charge in [0.25, 0.3) is 0 Å². The smallest absolute Gasteiger partial charge is 0.0991 e. The van der Waals surface area contributed by atoms with Gasteiger partial charge in [-0.2, -0.15) is 10.5 Å². The molecule has 0 saturated carbocycles. The van der Waals surface area contributed by atoms with Gasteiger partial charge >= 0.3 is 0 Å². The van der Waals surface area contributed by atoms with E-state index in [2.05, 4.69) is 208 Å².